The molecule has 1 aliphatic heterocycles. The highest BCUT2D eigenvalue weighted by molar-refractivity contribution is 5.85. The van der Waals surface area contributed by atoms with E-state index in [0.717, 1.165) is 37.7 Å². The maximum Gasteiger partial charge on any atom is 0.119 e. The molecule has 0 spiro atoms. The van der Waals surface area contributed by atoms with Gasteiger partial charge in [-0.25, -0.2) is 0 Å². The molecule has 1 aromatic rings. The van der Waals surface area contributed by atoms with E-state index < -0.39 is 0 Å². The van der Waals surface area contributed by atoms with Crippen LogP contribution in [0.5, 0.6) is 11.5 Å². The summed E-state index contributed by atoms with van der Waals surface area (Å²) in [6.07, 6.45) is 1.24. The van der Waals surface area contributed by atoms with Gasteiger partial charge in [-0.15, -0.1) is 12.4 Å². The van der Waals surface area contributed by atoms with Gasteiger partial charge < -0.3 is 14.8 Å². The van der Waals surface area contributed by atoms with Crippen LogP contribution in [-0.2, 0) is 0 Å². The summed E-state index contributed by atoms with van der Waals surface area (Å²) in [7, 11) is 3.70. The van der Waals surface area contributed by atoms with E-state index in [4.69, 9.17) is 9.47 Å². The third-order valence-electron chi connectivity index (χ3n) is 3.42. The zero-order valence-electron chi connectivity index (χ0n) is 11.6. The fraction of sp³-hybridized carbons (Fsp3) is 0.571. The minimum absolute atomic E-state index is 0. The van der Waals surface area contributed by atoms with Crippen LogP contribution in [0.15, 0.2) is 24.3 Å². The Hall–Kier alpha value is -0.970. The maximum absolute atomic E-state index is 5.72. The summed E-state index contributed by atoms with van der Waals surface area (Å²) >= 11 is 0. The van der Waals surface area contributed by atoms with Gasteiger partial charge in [0.1, 0.15) is 18.1 Å². The van der Waals surface area contributed by atoms with Gasteiger partial charge in [0.15, 0.2) is 0 Å². The quantitative estimate of drug-likeness (QED) is 0.864. The van der Waals surface area contributed by atoms with Crippen molar-refractivity contribution in [2.75, 3.05) is 40.4 Å². The van der Waals surface area contributed by atoms with Crippen molar-refractivity contribution in [3.63, 3.8) is 0 Å². The standard InChI is InChI=1S/C14H22N2O2.ClH/c1-15-12-7-8-16(11-12)9-10-18-14-5-3-13(17-2)4-6-14;/h3-6,12,15H,7-11H2,1-2H3;1H. The van der Waals surface area contributed by atoms with Gasteiger partial charge in [0, 0.05) is 19.1 Å². The summed E-state index contributed by atoms with van der Waals surface area (Å²) in [5.74, 6) is 1.76. The molecule has 0 radical (unpaired) electrons. The number of hydrogen-bond donors (Lipinski definition) is 1. The summed E-state index contributed by atoms with van der Waals surface area (Å²) in [6, 6.07) is 8.37. The first-order chi connectivity index (χ1) is 8.81. The van der Waals surface area contributed by atoms with E-state index >= 15 is 0 Å². The number of benzene rings is 1. The fourth-order valence-corrected chi connectivity index (χ4v) is 2.24. The number of likely N-dealkylation sites (tertiary alicyclic amines) is 1. The normalized spacial score (nSPS) is 18.9. The molecule has 1 atom stereocenters. The minimum Gasteiger partial charge on any atom is -0.497 e. The molecule has 1 fully saturated rings. The number of ether oxygens (including phenoxy) is 2. The Morgan fingerprint density at radius 2 is 1.95 bits per heavy atom. The monoisotopic (exact) mass is 286 g/mol. The molecule has 1 aromatic carbocycles. The van der Waals surface area contributed by atoms with Crippen molar-refractivity contribution < 1.29 is 9.47 Å². The first-order valence-corrected chi connectivity index (χ1v) is 6.48. The third kappa shape index (κ3) is 4.90. The largest absolute Gasteiger partial charge is 0.497 e. The van der Waals surface area contributed by atoms with Crippen LogP contribution in [0.1, 0.15) is 6.42 Å². The third-order valence-corrected chi connectivity index (χ3v) is 3.42. The lowest BCUT2D eigenvalue weighted by molar-refractivity contribution is 0.235. The molecular weight excluding hydrogens is 264 g/mol. The van der Waals surface area contributed by atoms with Gasteiger partial charge >= 0.3 is 0 Å². The van der Waals surface area contributed by atoms with E-state index in [0.29, 0.717) is 6.04 Å². The van der Waals surface area contributed by atoms with Crippen molar-refractivity contribution in [3.05, 3.63) is 24.3 Å². The molecule has 19 heavy (non-hydrogen) atoms. The molecule has 4 nitrogen and oxygen atoms in total. The molecule has 0 bridgehead atoms. The van der Waals surface area contributed by atoms with Crippen LogP contribution in [0.2, 0.25) is 0 Å². The Morgan fingerprint density at radius 3 is 2.53 bits per heavy atom. The Labute approximate surface area is 121 Å². The summed E-state index contributed by atoms with van der Waals surface area (Å²) in [6.45, 7) is 4.02. The van der Waals surface area contributed by atoms with E-state index in [2.05, 4.69) is 10.2 Å². The smallest absolute Gasteiger partial charge is 0.119 e. The highest BCUT2D eigenvalue weighted by atomic mass is 35.5. The van der Waals surface area contributed by atoms with E-state index in [1.54, 1.807) is 7.11 Å². The van der Waals surface area contributed by atoms with E-state index in [-0.39, 0.29) is 12.4 Å². The number of nitrogens with one attached hydrogen (secondary N) is 1. The van der Waals surface area contributed by atoms with Gasteiger partial charge in [-0.2, -0.15) is 0 Å². The van der Waals surface area contributed by atoms with E-state index in [1.807, 2.05) is 31.3 Å². The maximum atomic E-state index is 5.72. The van der Waals surface area contributed by atoms with Crippen LogP contribution in [0.4, 0.5) is 0 Å². The fourth-order valence-electron chi connectivity index (χ4n) is 2.24. The molecular formula is C14H23ClN2O2. The molecule has 0 aliphatic carbocycles. The van der Waals surface area contributed by atoms with Crippen molar-refractivity contribution in [2.24, 2.45) is 0 Å². The summed E-state index contributed by atoms with van der Waals surface area (Å²) in [4.78, 5) is 2.44. The highest BCUT2D eigenvalue weighted by Gasteiger charge is 2.20. The van der Waals surface area contributed by atoms with Gasteiger partial charge in [-0.05, 0) is 44.3 Å². The summed E-state index contributed by atoms with van der Waals surface area (Å²) in [5.41, 5.74) is 0. The number of methoxy groups -OCH3 is 1. The lowest BCUT2D eigenvalue weighted by Gasteiger charge is -2.16. The molecule has 1 N–H and O–H groups in total. The Balaban J connectivity index is 0.00000180. The summed E-state index contributed by atoms with van der Waals surface area (Å²) in [5, 5.41) is 3.32. The topological polar surface area (TPSA) is 33.7 Å². The van der Waals surface area contributed by atoms with Gasteiger partial charge in [-0.3, -0.25) is 4.90 Å². The van der Waals surface area contributed by atoms with Crippen LogP contribution in [0.25, 0.3) is 0 Å². The number of rotatable bonds is 6. The van der Waals surface area contributed by atoms with Gasteiger partial charge in [0.2, 0.25) is 0 Å². The first-order valence-electron chi connectivity index (χ1n) is 6.48. The molecule has 108 valence electrons. The van der Waals surface area contributed by atoms with E-state index in [1.165, 1.54) is 6.42 Å². The van der Waals surface area contributed by atoms with Crippen LogP contribution in [0, 0.1) is 0 Å². The van der Waals surface area contributed by atoms with Crippen molar-refractivity contribution in [3.8, 4) is 11.5 Å². The molecule has 2 rings (SSSR count). The van der Waals surface area contributed by atoms with Gasteiger partial charge in [0.05, 0.1) is 7.11 Å². The Bertz CT molecular complexity index is 359. The second-order valence-electron chi connectivity index (χ2n) is 4.60. The lowest BCUT2D eigenvalue weighted by atomic mass is 10.3. The second kappa shape index (κ2) is 8.25. The number of halogens is 1. The Morgan fingerprint density at radius 1 is 1.26 bits per heavy atom. The minimum atomic E-state index is 0. The average Bonchev–Trinajstić information content (AvgIpc) is 2.87. The van der Waals surface area contributed by atoms with Crippen molar-refractivity contribution >= 4 is 12.4 Å². The van der Waals surface area contributed by atoms with Crippen molar-refractivity contribution in [1.29, 1.82) is 0 Å². The Kier molecular flexibility index (Phi) is 6.99. The predicted molar refractivity (Wildman–Crippen MR) is 79.6 cm³/mol. The van der Waals surface area contributed by atoms with Gasteiger partial charge in [0.25, 0.3) is 0 Å². The summed E-state index contributed by atoms with van der Waals surface area (Å²) < 4.78 is 10.8. The highest BCUT2D eigenvalue weighted by Crippen LogP contribution is 2.17. The van der Waals surface area contributed by atoms with Crippen molar-refractivity contribution in [2.45, 2.75) is 12.5 Å². The zero-order chi connectivity index (χ0) is 12.8. The van der Waals surface area contributed by atoms with Crippen LogP contribution >= 0.6 is 12.4 Å². The molecule has 1 saturated heterocycles. The zero-order valence-corrected chi connectivity index (χ0v) is 12.4. The number of hydrogen-bond acceptors (Lipinski definition) is 4. The molecule has 1 unspecified atom stereocenters. The molecule has 5 heteroatoms. The van der Waals surface area contributed by atoms with E-state index in [9.17, 15) is 0 Å². The average molecular weight is 287 g/mol. The van der Waals surface area contributed by atoms with Crippen LogP contribution in [-0.4, -0.2) is 51.3 Å². The first kappa shape index (κ1) is 16.1. The van der Waals surface area contributed by atoms with Crippen molar-refractivity contribution in [1.82, 2.24) is 10.2 Å². The molecule has 0 aromatic heterocycles. The second-order valence-corrected chi connectivity index (χ2v) is 4.60. The SMILES string of the molecule is CNC1CCN(CCOc2ccc(OC)cc2)C1.Cl. The molecule has 0 amide bonds. The molecule has 0 saturated carbocycles. The predicted octanol–water partition coefficient (Wildman–Crippen LogP) is 1.79. The molecule has 1 aliphatic rings. The lowest BCUT2D eigenvalue weighted by Crippen LogP contribution is -2.31. The number of likely N-dealkylation sites (N-methyl/N-ethyl adjacent to an activating group) is 1. The van der Waals surface area contributed by atoms with Crippen LogP contribution in [0.3, 0.4) is 0 Å². The number of nitrogens with zero attached hydrogens (tertiary/aromatic N) is 1. The molecule has 1 heterocycles. The van der Waals surface area contributed by atoms with Crippen LogP contribution < -0.4 is 14.8 Å². The van der Waals surface area contributed by atoms with Gasteiger partial charge in [-0.1, -0.05) is 0 Å².